The molecule has 0 aliphatic heterocycles. The molecule has 0 radical (unpaired) electrons. The number of amides is 1. The Bertz CT molecular complexity index is 1140. The minimum absolute atomic E-state index is 0.136. The van der Waals surface area contributed by atoms with Crippen LogP contribution in [0.5, 0.6) is 0 Å². The molecule has 2 aromatic carbocycles. The van der Waals surface area contributed by atoms with E-state index >= 15 is 0 Å². The summed E-state index contributed by atoms with van der Waals surface area (Å²) in [5.41, 5.74) is 1.42. The van der Waals surface area contributed by atoms with Gasteiger partial charge in [0.2, 0.25) is 5.91 Å². The van der Waals surface area contributed by atoms with Crippen molar-refractivity contribution in [3.63, 3.8) is 0 Å². The molecule has 0 fully saturated rings. The van der Waals surface area contributed by atoms with Gasteiger partial charge >= 0.3 is 0 Å². The number of rotatable bonds is 11. The van der Waals surface area contributed by atoms with Crippen molar-refractivity contribution in [2.75, 3.05) is 34.0 Å². The first kappa shape index (κ1) is 24.4. The highest BCUT2D eigenvalue weighted by atomic mass is 16.5. The molecular formula is C26H31N3O4. The van der Waals surface area contributed by atoms with Crippen molar-refractivity contribution in [1.29, 1.82) is 0 Å². The van der Waals surface area contributed by atoms with E-state index < -0.39 is 6.04 Å². The van der Waals surface area contributed by atoms with Crippen LogP contribution in [-0.2, 0) is 20.8 Å². The molecule has 3 aromatic rings. The van der Waals surface area contributed by atoms with E-state index in [1.54, 1.807) is 41.9 Å². The summed E-state index contributed by atoms with van der Waals surface area (Å²) in [7, 11) is 3.23. The molecule has 7 nitrogen and oxygen atoms in total. The maximum atomic E-state index is 13.3. The number of fused-ring (bicyclic) bond motifs is 1. The highest BCUT2D eigenvalue weighted by Crippen LogP contribution is 2.21. The smallest absolute Gasteiger partial charge is 0.261 e. The van der Waals surface area contributed by atoms with Crippen LogP contribution in [0.2, 0.25) is 0 Å². The summed E-state index contributed by atoms with van der Waals surface area (Å²) in [4.78, 5) is 33.0. The fraction of sp³-hybridized carbons (Fsp3) is 0.346. The van der Waals surface area contributed by atoms with E-state index in [0.717, 1.165) is 5.56 Å². The summed E-state index contributed by atoms with van der Waals surface area (Å²) in [6.07, 6.45) is 4.03. The van der Waals surface area contributed by atoms with Gasteiger partial charge < -0.3 is 14.4 Å². The summed E-state index contributed by atoms with van der Waals surface area (Å²) in [5.74, 6) is 0.387. The maximum Gasteiger partial charge on any atom is 0.261 e. The summed E-state index contributed by atoms with van der Waals surface area (Å²) in [6, 6.07) is 16.5. The topological polar surface area (TPSA) is 73.7 Å². The van der Waals surface area contributed by atoms with Crippen molar-refractivity contribution in [2.24, 2.45) is 0 Å². The lowest BCUT2D eigenvalue weighted by Crippen LogP contribution is -2.38. The van der Waals surface area contributed by atoms with Gasteiger partial charge in [0.25, 0.3) is 5.56 Å². The van der Waals surface area contributed by atoms with Gasteiger partial charge in [-0.15, -0.1) is 0 Å². The lowest BCUT2D eigenvalue weighted by Gasteiger charge is -2.29. The van der Waals surface area contributed by atoms with Gasteiger partial charge in [-0.1, -0.05) is 42.5 Å². The van der Waals surface area contributed by atoms with E-state index in [1.165, 1.54) is 0 Å². The zero-order valence-electron chi connectivity index (χ0n) is 19.4. The molecule has 1 aromatic heterocycles. The Labute approximate surface area is 194 Å². The van der Waals surface area contributed by atoms with E-state index in [2.05, 4.69) is 0 Å². The summed E-state index contributed by atoms with van der Waals surface area (Å²) in [6.45, 7) is 3.62. The lowest BCUT2D eigenvalue weighted by molar-refractivity contribution is -0.128. The van der Waals surface area contributed by atoms with Crippen LogP contribution in [0.4, 0.5) is 0 Å². The van der Waals surface area contributed by atoms with Crippen molar-refractivity contribution in [3.8, 4) is 0 Å². The number of hydrogen-bond donors (Lipinski definition) is 0. The number of carbonyl (C=O) groups is 1. The second kappa shape index (κ2) is 12.1. The van der Waals surface area contributed by atoms with Crippen LogP contribution in [0, 0.1) is 0 Å². The molecule has 0 aliphatic carbocycles. The third-order valence-corrected chi connectivity index (χ3v) is 5.50. The molecule has 3 rings (SSSR count). The van der Waals surface area contributed by atoms with Crippen LogP contribution in [0.25, 0.3) is 17.0 Å². The SMILES string of the molecule is COCCCN(C(=O)C=Cc1ccccc1)C(C)c1nc2ccccc2c(=O)n1CCOC. The van der Waals surface area contributed by atoms with Gasteiger partial charge in [0.05, 0.1) is 30.1 Å². The van der Waals surface area contributed by atoms with Gasteiger partial charge in [-0.05, 0) is 37.1 Å². The molecular weight excluding hydrogens is 418 g/mol. The second-order valence-electron chi connectivity index (χ2n) is 7.73. The zero-order chi connectivity index (χ0) is 23.6. The molecule has 0 spiro atoms. The van der Waals surface area contributed by atoms with Gasteiger partial charge in [-0.2, -0.15) is 0 Å². The predicted octanol–water partition coefficient (Wildman–Crippen LogP) is 3.68. The molecule has 0 aliphatic rings. The van der Waals surface area contributed by atoms with Crippen LogP contribution in [0.3, 0.4) is 0 Å². The fourth-order valence-corrected chi connectivity index (χ4v) is 3.74. The third kappa shape index (κ3) is 6.15. The number of para-hydroxylation sites is 1. The number of hydrogen-bond acceptors (Lipinski definition) is 5. The normalized spacial score (nSPS) is 12.3. The third-order valence-electron chi connectivity index (χ3n) is 5.50. The van der Waals surface area contributed by atoms with Crippen molar-refractivity contribution in [1.82, 2.24) is 14.5 Å². The van der Waals surface area contributed by atoms with Crippen LogP contribution >= 0.6 is 0 Å². The zero-order valence-corrected chi connectivity index (χ0v) is 19.4. The first-order valence-electron chi connectivity index (χ1n) is 11.1. The molecule has 7 heteroatoms. The van der Waals surface area contributed by atoms with Gasteiger partial charge in [0.15, 0.2) is 0 Å². The van der Waals surface area contributed by atoms with Gasteiger partial charge in [0, 0.05) is 33.4 Å². The highest BCUT2D eigenvalue weighted by molar-refractivity contribution is 5.92. The van der Waals surface area contributed by atoms with E-state index in [1.807, 2.05) is 55.5 Å². The average Bonchev–Trinajstić information content (AvgIpc) is 2.85. The Kier molecular flexibility index (Phi) is 8.92. The monoisotopic (exact) mass is 449 g/mol. The predicted molar refractivity (Wildman–Crippen MR) is 130 cm³/mol. The van der Waals surface area contributed by atoms with Gasteiger partial charge in [0.1, 0.15) is 5.82 Å². The standard InChI is InChI=1S/C26H31N3O4/c1-20(25-27-23-13-8-7-12-22(23)26(31)29(25)17-19-33-3)28(16-9-18-32-2)24(30)15-14-21-10-5-4-6-11-21/h4-8,10-15,20H,9,16-19H2,1-3H3. The molecule has 0 saturated carbocycles. The maximum absolute atomic E-state index is 13.3. The summed E-state index contributed by atoms with van der Waals surface area (Å²) >= 11 is 0. The number of methoxy groups -OCH3 is 2. The van der Waals surface area contributed by atoms with Crippen LogP contribution in [0.15, 0.2) is 65.5 Å². The number of nitrogens with zero attached hydrogens (tertiary/aromatic N) is 3. The fourth-order valence-electron chi connectivity index (χ4n) is 3.74. The molecule has 1 amide bonds. The van der Waals surface area contributed by atoms with Crippen LogP contribution < -0.4 is 5.56 Å². The largest absolute Gasteiger partial charge is 0.385 e. The molecule has 1 unspecified atom stereocenters. The summed E-state index contributed by atoms with van der Waals surface area (Å²) < 4.78 is 12.0. The number of benzene rings is 2. The molecule has 0 saturated heterocycles. The van der Waals surface area contributed by atoms with Crippen molar-refractivity contribution in [2.45, 2.75) is 25.9 Å². The minimum Gasteiger partial charge on any atom is -0.385 e. The molecule has 0 bridgehead atoms. The summed E-state index contributed by atoms with van der Waals surface area (Å²) in [5, 5.41) is 0.547. The molecule has 33 heavy (non-hydrogen) atoms. The number of aromatic nitrogens is 2. The Balaban J connectivity index is 2.00. The van der Waals surface area contributed by atoms with Gasteiger partial charge in [-0.3, -0.25) is 14.2 Å². The molecule has 174 valence electrons. The Hall–Kier alpha value is -3.29. The number of ether oxygens (including phenoxy) is 2. The van der Waals surface area contributed by atoms with Crippen LogP contribution in [0.1, 0.15) is 30.8 Å². The van der Waals surface area contributed by atoms with E-state index in [9.17, 15) is 9.59 Å². The van der Waals surface area contributed by atoms with E-state index in [4.69, 9.17) is 14.5 Å². The Morgan fingerprint density at radius 3 is 2.48 bits per heavy atom. The molecule has 0 N–H and O–H groups in total. The number of carbonyl (C=O) groups excluding carboxylic acids is 1. The Morgan fingerprint density at radius 1 is 1.06 bits per heavy atom. The first-order valence-corrected chi connectivity index (χ1v) is 11.1. The average molecular weight is 450 g/mol. The minimum atomic E-state index is -0.427. The second-order valence-corrected chi connectivity index (χ2v) is 7.73. The Morgan fingerprint density at radius 2 is 1.76 bits per heavy atom. The van der Waals surface area contributed by atoms with E-state index in [0.29, 0.717) is 49.5 Å². The van der Waals surface area contributed by atoms with E-state index in [-0.39, 0.29) is 11.5 Å². The van der Waals surface area contributed by atoms with Crippen molar-refractivity contribution < 1.29 is 14.3 Å². The lowest BCUT2D eigenvalue weighted by atomic mass is 10.1. The van der Waals surface area contributed by atoms with Crippen molar-refractivity contribution in [3.05, 3.63) is 82.4 Å². The highest BCUT2D eigenvalue weighted by Gasteiger charge is 2.25. The molecule has 1 heterocycles. The van der Waals surface area contributed by atoms with Crippen molar-refractivity contribution >= 4 is 22.9 Å². The first-order chi connectivity index (χ1) is 16.1. The van der Waals surface area contributed by atoms with Crippen LogP contribution in [-0.4, -0.2) is 54.3 Å². The molecule has 1 atom stereocenters. The quantitative estimate of drug-likeness (QED) is 0.330. The van der Waals surface area contributed by atoms with Gasteiger partial charge in [-0.25, -0.2) is 4.98 Å².